The molecule has 0 aromatic carbocycles. The van der Waals surface area contributed by atoms with Crippen molar-refractivity contribution >= 4 is 5.97 Å². The Kier molecular flexibility index (Phi) is 6.09. The van der Waals surface area contributed by atoms with Crippen LogP contribution in [0.1, 0.15) is 71.6 Å². The largest absolute Gasteiger partial charge is 0.457 e. The van der Waals surface area contributed by atoms with E-state index in [0.717, 1.165) is 0 Å². The van der Waals surface area contributed by atoms with Crippen molar-refractivity contribution < 1.29 is 14.3 Å². The second kappa shape index (κ2) is 7.62. The van der Waals surface area contributed by atoms with Crippen LogP contribution >= 0.6 is 0 Å². The van der Waals surface area contributed by atoms with E-state index in [1.807, 2.05) is 13.8 Å². The molecule has 3 fully saturated rings. The standard InChI is InChI=1S/C18H32O3/c1-18(2,13-20-3)21-17(19)16-14-10-8-6-4-5-7-9-11-15(16)12-14/h14-16H,4-13H2,1-3H3. The van der Waals surface area contributed by atoms with Crippen LogP contribution in [0.3, 0.4) is 0 Å². The Balaban J connectivity index is 1.94. The number of esters is 1. The van der Waals surface area contributed by atoms with E-state index in [2.05, 4.69) is 0 Å². The first-order chi connectivity index (χ1) is 10.0. The van der Waals surface area contributed by atoms with Crippen LogP contribution in [0.25, 0.3) is 0 Å². The van der Waals surface area contributed by atoms with Crippen LogP contribution in [-0.2, 0) is 14.3 Å². The van der Waals surface area contributed by atoms with Crippen LogP contribution in [0, 0.1) is 17.8 Å². The van der Waals surface area contributed by atoms with E-state index in [0.29, 0.717) is 18.4 Å². The molecule has 3 heteroatoms. The maximum absolute atomic E-state index is 12.6. The van der Waals surface area contributed by atoms with Crippen molar-refractivity contribution in [1.82, 2.24) is 0 Å². The molecule has 122 valence electrons. The fourth-order valence-electron chi connectivity index (χ4n) is 4.09. The first kappa shape index (κ1) is 16.8. The lowest BCUT2D eigenvalue weighted by atomic mass is 9.61. The molecule has 0 spiro atoms. The summed E-state index contributed by atoms with van der Waals surface area (Å²) < 4.78 is 10.9. The number of ether oxygens (including phenoxy) is 2. The van der Waals surface area contributed by atoms with Crippen LogP contribution in [0.4, 0.5) is 0 Å². The second-order valence-electron chi connectivity index (χ2n) is 7.59. The van der Waals surface area contributed by atoms with Gasteiger partial charge in [-0.15, -0.1) is 0 Å². The molecule has 21 heavy (non-hydrogen) atoms. The summed E-state index contributed by atoms with van der Waals surface area (Å²) in [4.78, 5) is 12.6. The number of rotatable bonds is 4. The van der Waals surface area contributed by atoms with Crippen molar-refractivity contribution in [3.05, 3.63) is 0 Å². The van der Waals surface area contributed by atoms with E-state index in [1.165, 1.54) is 57.8 Å². The molecule has 0 saturated heterocycles. The summed E-state index contributed by atoms with van der Waals surface area (Å²) in [5.74, 6) is 1.31. The van der Waals surface area contributed by atoms with Gasteiger partial charge in [0, 0.05) is 7.11 Å². The highest BCUT2D eigenvalue weighted by Gasteiger charge is 2.46. The summed E-state index contributed by atoms with van der Waals surface area (Å²) in [5.41, 5.74) is -0.509. The highest BCUT2D eigenvalue weighted by molar-refractivity contribution is 5.74. The van der Waals surface area contributed by atoms with Gasteiger partial charge in [0.25, 0.3) is 0 Å². The fraction of sp³-hybridized carbons (Fsp3) is 0.944. The SMILES string of the molecule is COCC(C)(C)OC(=O)C1C2CCCCCCCCC1C2. The van der Waals surface area contributed by atoms with Gasteiger partial charge in [0.1, 0.15) is 5.60 Å². The lowest BCUT2D eigenvalue weighted by Crippen LogP contribution is -2.46. The normalized spacial score (nSPS) is 30.9. The van der Waals surface area contributed by atoms with E-state index >= 15 is 0 Å². The highest BCUT2D eigenvalue weighted by Crippen LogP contribution is 2.47. The zero-order valence-corrected chi connectivity index (χ0v) is 14.0. The minimum Gasteiger partial charge on any atom is -0.457 e. The fourth-order valence-corrected chi connectivity index (χ4v) is 4.09. The molecule has 3 aliphatic carbocycles. The summed E-state index contributed by atoms with van der Waals surface area (Å²) in [6.07, 6.45) is 11.6. The Bertz CT molecular complexity index is 317. The molecule has 0 heterocycles. The van der Waals surface area contributed by atoms with Crippen LogP contribution < -0.4 is 0 Å². The monoisotopic (exact) mass is 296 g/mol. The highest BCUT2D eigenvalue weighted by atomic mass is 16.6. The van der Waals surface area contributed by atoms with Gasteiger partial charge in [0.05, 0.1) is 12.5 Å². The van der Waals surface area contributed by atoms with Gasteiger partial charge in [-0.05, 0) is 44.9 Å². The molecule has 0 aromatic rings. The van der Waals surface area contributed by atoms with Gasteiger partial charge >= 0.3 is 5.97 Å². The van der Waals surface area contributed by atoms with Gasteiger partial charge in [-0.2, -0.15) is 0 Å². The Hall–Kier alpha value is -0.570. The van der Waals surface area contributed by atoms with Crippen molar-refractivity contribution in [1.29, 1.82) is 0 Å². The number of hydrogen-bond donors (Lipinski definition) is 0. The molecule has 2 unspecified atom stereocenters. The molecule has 2 atom stereocenters. The minimum atomic E-state index is -0.509. The third-order valence-electron chi connectivity index (χ3n) is 5.16. The molecular weight excluding hydrogens is 264 g/mol. The average Bonchev–Trinajstić information content (AvgIpc) is 2.43. The molecule has 3 nitrogen and oxygen atoms in total. The third-order valence-corrected chi connectivity index (χ3v) is 5.16. The zero-order valence-electron chi connectivity index (χ0n) is 14.0. The van der Waals surface area contributed by atoms with E-state index in [1.54, 1.807) is 7.11 Å². The number of carbonyl (C=O) groups excluding carboxylic acids is 1. The summed E-state index contributed by atoms with van der Waals surface area (Å²) in [6, 6.07) is 0. The van der Waals surface area contributed by atoms with Gasteiger partial charge in [0.2, 0.25) is 0 Å². The van der Waals surface area contributed by atoms with Crippen molar-refractivity contribution in [2.75, 3.05) is 13.7 Å². The predicted molar refractivity (Wildman–Crippen MR) is 84.1 cm³/mol. The van der Waals surface area contributed by atoms with E-state index < -0.39 is 5.60 Å². The van der Waals surface area contributed by atoms with Crippen molar-refractivity contribution in [2.45, 2.75) is 77.2 Å². The first-order valence-corrected chi connectivity index (χ1v) is 8.75. The van der Waals surface area contributed by atoms with Gasteiger partial charge in [-0.25, -0.2) is 0 Å². The Morgan fingerprint density at radius 3 is 2.05 bits per heavy atom. The molecular formula is C18H32O3. The summed E-state index contributed by atoms with van der Waals surface area (Å²) >= 11 is 0. The van der Waals surface area contributed by atoms with Gasteiger partial charge in [0.15, 0.2) is 0 Å². The van der Waals surface area contributed by atoms with Crippen LogP contribution in [-0.4, -0.2) is 25.3 Å². The molecule has 0 aliphatic heterocycles. The Morgan fingerprint density at radius 1 is 1.00 bits per heavy atom. The molecule has 0 N–H and O–H groups in total. The molecule has 3 aliphatic rings. The molecule has 0 aromatic heterocycles. The summed E-state index contributed by atoms with van der Waals surface area (Å²) in [5, 5.41) is 0. The Morgan fingerprint density at radius 2 is 1.52 bits per heavy atom. The van der Waals surface area contributed by atoms with Crippen molar-refractivity contribution in [3.63, 3.8) is 0 Å². The molecule has 2 bridgehead atoms. The third kappa shape index (κ3) is 4.70. The number of fused-ring (bicyclic) bond motifs is 7. The number of carbonyl (C=O) groups is 1. The summed E-state index contributed by atoms with van der Waals surface area (Å²) in [6.45, 7) is 4.33. The van der Waals surface area contributed by atoms with Crippen LogP contribution in [0.5, 0.6) is 0 Å². The molecule has 0 radical (unpaired) electrons. The molecule has 0 amide bonds. The van der Waals surface area contributed by atoms with E-state index in [9.17, 15) is 4.79 Å². The topological polar surface area (TPSA) is 35.5 Å². The number of methoxy groups -OCH3 is 1. The molecule has 3 saturated carbocycles. The van der Waals surface area contributed by atoms with Gasteiger partial charge in [-0.1, -0.05) is 38.5 Å². The smallest absolute Gasteiger partial charge is 0.310 e. The summed E-state index contributed by atoms with van der Waals surface area (Å²) in [7, 11) is 1.65. The van der Waals surface area contributed by atoms with E-state index in [4.69, 9.17) is 9.47 Å². The zero-order chi connectivity index (χ0) is 15.3. The van der Waals surface area contributed by atoms with Crippen LogP contribution in [0.15, 0.2) is 0 Å². The molecule has 3 rings (SSSR count). The predicted octanol–water partition coefficient (Wildman–Crippen LogP) is 4.34. The average molecular weight is 296 g/mol. The van der Waals surface area contributed by atoms with Crippen molar-refractivity contribution in [2.24, 2.45) is 17.8 Å². The second-order valence-corrected chi connectivity index (χ2v) is 7.59. The lowest BCUT2D eigenvalue weighted by molar-refractivity contribution is -0.177. The van der Waals surface area contributed by atoms with Crippen LogP contribution in [0.2, 0.25) is 0 Å². The lowest BCUT2D eigenvalue weighted by Gasteiger charge is -2.44. The quantitative estimate of drug-likeness (QED) is 0.724. The van der Waals surface area contributed by atoms with Gasteiger partial charge in [-0.3, -0.25) is 4.79 Å². The van der Waals surface area contributed by atoms with E-state index in [-0.39, 0.29) is 11.9 Å². The maximum Gasteiger partial charge on any atom is 0.310 e. The van der Waals surface area contributed by atoms with Gasteiger partial charge < -0.3 is 9.47 Å². The minimum absolute atomic E-state index is 0.0255. The maximum atomic E-state index is 12.6. The first-order valence-electron chi connectivity index (χ1n) is 8.75. The van der Waals surface area contributed by atoms with Crippen molar-refractivity contribution in [3.8, 4) is 0 Å². The Labute approximate surface area is 129 Å². The number of hydrogen-bond acceptors (Lipinski definition) is 3.